The molecule has 0 amide bonds. The third-order valence-corrected chi connectivity index (χ3v) is 6.77. The van der Waals surface area contributed by atoms with Crippen molar-refractivity contribution in [2.45, 2.75) is 20.4 Å². The van der Waals surface area contributed by atoms with Gasteiger partial charge in [0.15, 0.2) is 4.91 Å². The fraction of sp³-hybridized carbons (Fsp3) is 0.125. The Bertz CT molecular complexity index is 1260. The maximum atomic E-state index is 13.5. The van der Waals surface area contributed by atoms with Gasteiger partial charge in [-0.3, -0.25) is 9.10 Å². The largest absolute Gasteiger partial charge is 0.360 e. The second kappa shape index (κ2) is 7.80. The van der Waals surface area contributed by atoms with Gasteiger partial charge >= 0.3 is 0 Å². The molecule has 0 radical (unpaired) electrons. The Morgan fingerprint density at radius 1 is 0.900 bits per heavy atom. The molecule has 152 valence electrons. The highest BCUT2D eigenvalue weighted by Gasteiger charge is 2.40. The van der Waals surface area contributed by atoms with Gasteiger partial charge in [-0.25, -0.2) is 8.42 Å². The number of carbonyl (C=O) groups is 1. The number of rotatable bonds is 4. The number of hydrogen-bond acceptors (Lipinski definition) is 4. The number of hydrogen-bond donors (Lipinski definition) is 1. The predicted molar refractivity (Wildman–Crippen MR) is 120 cm³/mol. The van der Waals surface area contributed by atoms with E-state index in [9.17, 15) is 13.2 Å². The minimum Gasteiger partial charge on any atom is -0.360 e. The highest BCUT2D eigenvalue weighted by atomic mass is 32.2. The maximum absolute atomic E-state index is 13.5. The lowest BCUT2D eigenvalue weighted by Gasteiger charge is -2.31. The van der Waals surface area contributed by atoms with Crippen LogP contribution in [0.2, 0.25) is 0 Å². The average Bonchev–Trinajstić information content (AvgIpc) is 2.71. The molecule has 0 spiro atoms. The number of ketones is 1. The normalized spacial score (nSPS) is 16.4. The van der Waals surface area contributed by atoms with E-state index < -0.39 is 15.8 Å². The number of nitrogens with zero attached hydrogens (tertiary/aromatic N) is 1. The van der Waals surface area contributed by atoms with Gasteiger partial charge in [-0.15, -0.1) is 0 Å². The molecule has 6 heteroatoms. The van der Waals surface area contributed by atoms with Crippen molar-refractivity contribution in [2.24, 2.45) is 0 Å². The number of fused-ring (bicyclic) bond motifs is 1. The number of Topliss-reactive ketones (excluding diaryl/α,β-unsaturated/α-hetero) is 1. The number of nitrogens with one attached hydrogen (secondary N) is 1. The number of allylic oxidation sites excluding steroid dienone is 1. The Kier molecular flexibility index (Phi) is 5.18. The van der Waals surface area contributed by atoms with Crippen molar-refractivity contribution >= 4 is 27.2 Å². The molecule has 30 heavy (non-hydrogen) atoms. The number of sulfonamides is 1. The fourth-order valence-corrected chi connectivity index (χ4v) is 5.08. The summed E-state index contributed by atoms with van der Waals surface area (Å²) in [5.74, 6) is -0.508. The van der Waals surface area contributed by atoms with Crippen LogP contribution in [0.15, 0.2) is 83.9 Å². The molecule has 4 rings (SSSR count). The number of aryl methyl sites for hydroxylation is 2. The van der Waals surface area contributed by atoms with E-state index in [-0.39, 0.29) is 11.4 Å². The van der Waals surface area contributed by atoms with E-state index in [1.54, 1.807) is 24.3 Å². The van der Waals surface area contributed by atoms with Gasteiger partial charge in [0, 0.05) is 17.5 Å². The third-order valence-electron chi connectivity index (χ3n) is 5.01. The monoisotopic (exact) mass is 418 g/mol. The van der Waals surface area contributed by atoms with Gasteiger partial charge in [-0.1, -0.05) is 54.1 Å². The quantitative estimate of drug-likeness (QED) is 0.619. The molecule has 5 nitrogen and oxygen atoms in total. The first-order valence-corrected chi connectivity index (χ1v) is 11.1. The standard InChI is InChI=1S/C24H22N2O3S/c1-17-7-5-9-19(13-17)16-26-22-12-4-3-11-21(22)24(27)23(30(26,28)29)15-25-20-10-6-8-18(2)14-20/h3-15,25H,16H2,1-2H3/b23-15-. The van der Waals surface area contributed by atoms with Crippen molar-refractivity contribution in [3.05, 3.63) is 106 Å². The van der Waals surface area contributed by atoms with Crippen LogP contribution >= 0.6 is 0 Å². The van der Waals surface area contributed by atoms with Crippen LogP contribution < -0.4 is 9.62 Å². The molecule has 3 aromatic carbocycles. The number of anilines is 2. The van der Waals surface area contributed by atoms with Gasteiger partial charge in [0.05, 0.1) is 12.2 Å². The first-order valence-electron chi connectivity index (χ1n) is 9.61. The third kappa shape index (κ3) is 3.74. The van der Waals surface area contributed by atoms with Crippen molar-refractivity contribution < 1.29 is 13.2 Å². The summed E-state index contributed by atoms with van der Waals surface area (Å²) < 4.78 is 28.2. The zero-order valence-corrected chi connectivity index (χ0v) is 17.6. The van der Waals surface area contributed by atoms with E-state index in [2.05, 4.69) is 5.32 Å². The molecule has 0 unspecified atom stereocenters. The van der Waals surface area contributed by atoms with E-state index in [1.807, 2.05) is 62.4 Å². The molecular formula is C24H22N2O3S. The molecule has 1 N–H and O–H groups in total. The summed E-state index contributed by atoms with van der Waals surface area (Å²) in [6, 6.07) is 22.0. The van der Waals surface area contributed by atoms with Crippen LogP contribution in [-0.2, 0) is 16.6 Å². The summed E-state index contributed by atoms with van der Waals surface area (Å²) in [5.41, 5.74) is 4.42. The second-order valence-corrected chi connectivity index (χ2v) is 9.20. The molecule has 3 aromatic rings. The van der Waals surface area contributed by atoms with Crippen molar-refractivity contribution in [2.75, 3.05) is 9.62 Å². The second-order valence-electron chi connectivity index (χ2n) is 7.37. The van der Waals surface area contributed by atoms with Crippen molar-refractivity contribution in [3.63, 3.8) is 0 Å². The van der Waals surface area contributed by atoms with Crippen LogP contribution in [0.25, 0.3) is 0 Å². The zero-order chi connectivity index (χ0) is 21.3. The van der Waals surface area contributed by atoms with E-state index >= 15 is 0 Å². The maximum Gasteiger partial charge on any atom is 0.270 e. The van der Waals surface area contributed by atoms with Gasteiger partial charge in [0.25, 0.3) is 10.0 Å². The van der Waals surface area contributed by atoms with Crippen LogP contribution in [-0.4, -0.2) is 14.2 Å². The van der Waals surface area contributed by atoms with Crippen molar-refractivity contribution in [3.8, 4) is 0 Å². The molecule has 0 atom stereocenters. The van der Waals surface area contributed by atoms with Gasteiger partial charge in [-0.05, 0) is 49.2 Å². The van der Waals surface area contributed by atoms with Gasteiger partial charge in [0.2, 0.25) is 5.78 Å². The number of benzene rings is 3. The van der Waals surface area contributed by atoms with E-state index in [4.69, 9.17) is 0 Å². The van der Waals surface area contributed by atoms with Crippen LogP contribution in [0.1, 0.15) is 27.0 Å². The Labute approximate surface area is 176 Å². The summed E-state index contributed by atoms with van der Waals surface area (Å²) in [6.45, 7) is 4.06. The smallest absolute Gasteiger partial charge is 0.270 e. The van der Waals surface area contributed by atoms with Crippen LogP contribution in [0.5, 0.6) is 0 Å². The first kappa shape index (κ1) is 19.9. The molecule has 0 fully saturated rings. The number of para-hydroxylation sites is 1. The van der Waals surface area contributed by atoms with E-state index in [0.29, 0.717) is 11.3 Å². The van der Waals surface area contributed by atoms with E-state index in [0.717, 1.165) is 22.4 Å². The van der Waals surface area contributed by atoms with Crippen molar-refractivity contribution in [1.29, 1.82) is 0 Å². The lowest BCUT2D eigenvalue weighted by Crippen LogP contribution is -2.39. The molecule has 0 aliphatic carbocycles. The Morgan fingerprint density at radius 3 is 2.33 bits per heavy atom. The Hall–Kier alpha value is -3.38. The summed E-state index contributed by atoms with van der Waals surface area (Å²) in [7, 11) is -4.04. The van der Waals surface area contributed by atoms with Gasteiger partial charge in [-0.2, -0.15) is 0 Å². The highest BCUT2D eigenvalue weighted by molar-refractivity contribution is 7.97. The molecule has 0 saturated carbocycles. The summed E-state index contributed by atoms with van der Waals surface area (Å²) in [6.07, 6.45) is 1.30. The first-order chi connectivity index (χ1) is 14.4. The molecule has 1 heterocycles. The molecule has 0 bridgehead atoms. The van der Waals surface area contributed by atoms with Crippen LogP contribution in [0, 0.1) is 13.8 Å². The molecule has 1 aliphatic rings. The lowest BCUT2D eigenvalue weighted by atomic mass is 10.1. The molecule has 0 aromatic heterocycles. The fourth-order valence-electron chi connectivity index (χ4n) is 3.55. The molecule has 0 saturated heterocycles. The molecular weight excluding hydrogens is 396 g/mol. The van der Waals surface area contributed by atoms with E-state index in [1.165, 1.54) is 10.5 Å². The van der Waals surface area contributed by atoms with Crippen LogP contribution in [0.4, 0.5) is 11.4 Å². The minimum absolute atomic E-state index is 0.149. The SMILES string of the molecule is Cc1cccc(CN2c3ccccc3C(=O)/C(=C/Nc3cccc(C)c3)S2(=O)=O)c1. The summed E-state index contributed by atoms with van der Waals surface area (Å²) in [4.78, 5) is 12.8. The zero-order valence-electron chi connectivity index (χ0n) is 16.8. The predicted octanol–water partition coefficient (Wildman–Crippen LogP) is 4.79. The van der Waals surface area contributed by atoms with Crippen LogP contribution in [0.3, 0.4) is 0 Å². The molecule has 1 aliphatic heterocycles. The Balaban J connectivity index is 1.79. The summed E-state index contributed by atoms with van der Waals surface area (Å²) in [5, 5.41) is 2.98. The lowest BCUT2D eigenvalue weighted by molar-refractivity contribution is 0.104. The minimum atomic E-state index is -4.04. The van der Waals surface area contributed by atoms with Gasteiger partial charge < -0.3 is 5.32 Å². The highest BCUT2D eigenvalue weighted by Crippen LogP contribution is 2.36. The van der Waals surface area contributed by atoms with Gasteiger partial charge in [0.1, 0.15) is 0 Å². The summed E-state index contributed by atoms with van der Waals surface area (Å²) >= 11 is 0. The van der Waals surface area contributed by atoms with Crippen molar-refractivity contribution in [1.82, 2.24) is 0 Å². The average molecular weight is 419 g/mol. The number of carbonyl (C=O) groups excluding carboxylic acids is 1. The Morgan fingerprint density at radius 2 is 1.60 bits per heavy atom. The topological polar surface area (TPSA) is 66.5 Å².